The maximum atomic E-state index is 14.7. The molecule has 0 aliphatic carbocycles. The summed E-state index contributed by atoms with van der Waals surface area (Å²) >= 11 is 0. The summed E-state index contributed by atoms with van der Waals surface area (Å²) in [6.07, 6.45) is 14.8. The van der Waals surface area contributed by atoms with E-state index >= 15 is 0 Å². The fourth-order valence-corrected chi connectivity index (χ4v) is 7.27. The normalized spacial score (nSPS) is 15.2. The number of aliphatic hydroxyl groups is 6. The Morgan fingerprint density at radius 1 is 0.672 bits per heavy atom. The molecule has 0 radical (unpaired) electrons. The van der Waals surface area contributed by atoms with Crippen LogP contribution in [-0.2, 0) is 20.7 Å². The van der Waals surface area contributed by atoms with Gasteiger partial charge in [0.1, 0.15) is 47.5 Å². The molecule has 2 aromatic rings. The van der Waals surface area contributed by atoms with Crippen molar-refractivity contribution in [3.8, 4) is 11.5 Å². The highest BCUT2D eigenvalue weighted by Crippen LogP contribution is 2.25. The molecule has 2 rings (SSSR count). The number of aliphatic hydroxyl groups excluding tert-OH is 6. The van der Waals surface area contributed by atoms with Crippen LogP contribution in [0.4, 0.5) is 8.78 Å². The second-order valence-corrected chi connectivity index (χ2v) is 16.6. The Kier molecular flexibility index (Phi) is 30.1. The van der Waals surface area contributed by atoms with Crippen molar-refractivity contribution in [1.82, 2.24) is 5.32 Å². The van der Waals surface area contributed by atoms with Crippen molar-refractivity contribution in [3.05, 3.63) is 59.7 Å². The number of hydrogen-bond acceptors (Lipinski definition) is 10. The zero-order valence-corrected chi connectivity index (χ0v) is 37.0. The van der Waals surface area contributed by atoms with Crippen LogP contribution in [0.3, 0.4) is 0 Å². The van der Waals surface area contributed by atoms with Gasteiger partial charge in [-0.25, -0.2) is 8.78 Å². The van der Waals surface area contributed by atoms with Gasteiger partial charge >= 0.3 is 0 Å². The fourth-order valence-electron chi connectivity index (χ4n) is 7.27. The number of carbonyl (C=O) groups excluding carboxylic acids is 1. The van der Waals surface area contributed by atoms with Crippen molar-refractivity contribution < 1.29 is 58.4 Å². The van der Waals surface area contributed by atoms with Crippen LogP contribution in [0.15, 0.2) is 42.5 Å². The largest absolute Gasteiger partial charge is 0.457 e. The van der Waals surface area contributed by atoms with Crippen molar-refractivity contribution in [2.75, 3.05) is 19.8 Å². The van der Waals surface area contributed by atoms with E-state index in [9.17, 15) is 44.2 Å². The SMILES string of the molecule is CCCCCCCCCCCCCC[C@@H](O)[C@@H](O)[C@H](CO[C@@H](OC(CO)[C@H](O)CO)[C@H](C)O)NC(=O)CCCCCCCCCCc1ccc(Oc2ccc(F)cc2)cc1F. The van der Waals surface area contributed by atoms with Crippen LogP contribution < -0.4 is 10.1 Å². The maximum absolute atomic E-state index is 14.7. The van der Waals surface area contributed by atoms with Gasteiger partial charge in [-0.1, -0.05) is 129 Å². The Balaban J connectivity index is 1.73. The maximum Gasteiger partial charge on any atom is 0.220 e. The van der Waals surface area contributed by atoms with Gasteiger partial charge in [0.15, 0.2) is 6.29 Å². The van der Waals surface area contributed by atoms with Gasteiger partial charge in [-0.3, -0.25) is 4.79 Å². The van der Waals surface area contributed by atoms with Gasteiger partial charge in [-0.2, -0.15) is 0 Å². The molecule has 1 unspecified atom stereocenters. The zero-order valence-electron chi connectivity index (χ0n) is 37.0. The molecule has 0 bridgehead atoms. The van der Waals surface area contributed by atoms with Crippen molar-refractivity contribution in [2.45, 2.75) is 204 Å². The van der Waals surface area contributed by atoms with E-state index < -0.39 is 56.1 Å². The highest BCUT2D eigenvalue weighted by molar-refractivity contribution is 5.76. The topological polar surface area (TPSA) is 178 Å². The van der Waals surface area contributed by atoms with E-state index in [0.29, 0.717) is 36.3 Å². The summed E-state index contributed by atoms with van der Waals surface area (Å²) < 4.78 is 44.7. The second kappa shape index (κ2) is 33.8. The number of halogens is 2. The number of nitrogens with one attached hydrogen (secondary N) is 1. The molecule has 7 N–H and O–H groups in total. The number of unbranched alkanes of at least 4 members (excludes halogenated alkanes) is 18. The second-order valence-electron chi connectivity index (χ2n) is 16.6. The van der Waals surface area contributed by atoms with Crippen molar-refractivity contribution >= 4 is 5.91 Å². The first kappa shape index (κ1) is 54.4. The summed E-state index contributed by atoms with van der Waals surface area (Å²) in [5.41, 5.74) is 0.629. The molecule has 13 heteroatoms. The van der Waals surface area contributed by atoms with Crippen molar-refractivity contribution in [1.29, 1.82) is 0 Å². The van der Waals surface area contributed by atoms with Crippen LogP contribution in [-0.4, -0.2) is 99.2 Å². The molecule has 61 heavy (non-hydrogen) atoms. The molecule has 0 fully saturated rings. The third-order valence-electron chi connectivity index (χ3n) is 11.1. The minimum atomic E-state index is -1.42. The van der Waals surface area contributed by atoms with E-state index in [-0.39, 0.29) is 30.6 Å². The molecule has 2 aromatic carbocycles. The third kappa shape index (κ3) is 24.6. The minimum absolute atomic E-state index is 0.211. The molecule has 1 amide bonds. The molecule has 0 aliphatic heterocycles. The summed E-state index contributed by atoms with van der Waals surface area (Å²) in [7, 11) is 0. The van der Waals surface area contributed by atoms with Crippen LogP contribution in [0.1, 0.15) is 161 Å². The summed E-state index contributed by atoms with van der Waals surface area (Å²) in [4.78, 5) is 13.1. The van der Waals surface area contributed by atoms with Gasteiger partial charge in [0.05, 0.1) is 32.0 Å². The number of hydrogen-bond donors (Lipinski definition) is 7. The van der Waals surface area contributed by atoms with E-state index in [1.54, 1.807) is 12.1 Å². The Morgan fingerprint density at radius 2 is 1.21 bits per heavy atom. The first-order valence-electron chi connectivity index (χ1n) is 23.2. The number of amides is 1. The molecule has 0 aromatic heterocycles. The first-order valence-corrected chi connectivity index (χ1v) is 23.2. The number of carbonyl (C=O) groups is 1. The van der Waals surface area contributed by atoms with Gasteiger partial charge in [0.25, 0.3) is 0 Å². The molecule has 11 nitrogen and oxygen atoms in total. The fraction of sp³-hybridized carbons (Fsp3) is 0.729. The molecule has 0 spiro atoms. The Labute approximate surface area is 364 Å². The number of rotatable bonds is 38. The van der Waals surface area contributed by atoms with Crippen molar-refractivity contribution in [2.24, 2.45) is 0 Å². The highest BCUT2D eigenvalue weighted by atomic mass is 19.1. The van der Waals surface area contributed by atoms with E-state index in [2.05, 4.69) is 12.2 Å². The van der Waals surface area contributed by atoms with E-state index in [1.807, 2.05) is 0 Å². The number of benzene rings is 2. The van der Waals surface area contributed by atoms with Gasteiger partial charge in [0.2, 0.25) is 5.91 Å². The Morgan fingerprint density at radius 3 is 1.75 bits per heavy atom. The first-order chi connectivity index (χ1) is 29.5. The van der Waals surface area contributed by atoms with Crippen LogP contribution in [0, 0.1) is 11.6 Å². The highest BCUT2D eigenvalue weighted by Gasteiger charge is 2.31. The Bertz CT molecular complexity index is 1390. The smallest absolute Gasteiger partial charge is 0.220 e. The molecule has 0 saturated heterocycles. The molecule has 7 atom stereocenters. The molecular formula is C48H79F2NO10. The van der Waals surface area contributed by atoms with Gasteiger partial charge in [-0.05, 0) is 68.5 Å². The lowest BCUT2D eigenvalue weighted by Crippen LogP contribution is -2.52. The minimum Gasteiger partial charge on any atom is -0.457 e. The van der Waals surface area contributed by atoms with E-state index in [0.717, 1.165) is 70.6 Å². The predicted molar refractivity (Wildman–Crippen MR) is 234 cm³/mol. The molecule has 350 valence electrons. The average Bonchev–Trinajstić information content (AvgIpc) is 3.25. The van der Waals surface area contributed by atoms with Gasteiger partial charge < -0.3 is 50.2 Å². The van der Waals surface area contributed by atoms with Gasteiger partial charge in [0, 0.05) is 12.5 Å². The molecule has 0 aliphatic rings. The van der Waals surface area contributed by atoms with Crippen LogP contribution >= 0.6 is 0 Å². The monoisotopic (exact) mass is 868 g/mol. The summed E-state index contributed by atoms with van der Waals surface area (Å²) in [6.45, 7) is 1.95. The van der Waals surface area contributed by atoms with E-state index in [1.165, 1.54) is 88.6 Å². The summed E-state index contributed by atoms with van der Waals surface area (Å²) in [6, 6.07) is 9.33. The number of aryl methyl sites for hydroxylation is 1. The lowest BCUT2D eigenvalue weighted by molar-refractivity contribution is -0.240. The third-order valence-corrected chi connectivity index (χ3v) is 11.1. The summed E-state index contributed by atoms with van der Waals surface area (Å²) in [5, 5.41) is 64.1. The van der Waals surface area contributed by atoms with Gasteiger partial charge in [-0.15, -0.1) is 0 Å². The van der Waals surface area contributed by atoms with Crippen LogP contribution in [0.25, 0.3) is 0 Å². The van der Waals surface area contributed by atoms with Crippen molar-refractivity contribution in [3.63, 3.8) is 0 Å². The van der Waals surface area contributed by atoms with Crippen LogP contribution in [0.5, 0.6) is 11.5 Å². The summed E-state index contributed by atoms with van der Waals surface area (Å²) in [5.74, 6) is -0.215. The average molecular weight is 868 g/mol. The van der Waals surface area contributed by atoms with E-state index in [4.69, 9.17) is 14.2 Å². The Hall–Kier alpha value is -2.75. The standard InChI is InChI=1S/C48H79F2NO10/c1-3-4-5-6-7-8-9-10-11-15-18-21-24-43(55)47(58)42(35-59-48(36(2)54)61-45(34-53)44(56)33-52)51-46(57)25-22-19-16-13-12-14-17-20-23-37-26-29-40(32-41(37)50)60-39-30-27-38(49)28-31-39/h26-32,36,42-45,47-48,52-56,58H,3-25,33-35H2,1-2H3,(H,51,57)/t36-,42-,43+,44+,45?,47-,48-/m0/s1. The molecular weight excluding hydrogens is 789 g/mol. The quantitative estimate of drug-likeness (QED) is 0.0256. The lowest BCUT2D eigenvalue weighted by atomic mass is 9.99. The molecule has 0 saturated carbocycles. The lowest BCUT2D eigenvalue weighted by Gasteiger charge is -2.32. The zero-order chi connectivity index (χ0) is 44.7. The van der Waals surface area contributed by atoms with Crippen LogP contribution in [0.2, 0.25) is 0 Å². The number of ether oxygens (including phenoxy) is 3. The predicted octanol–water partition coefficient (Wildman–Crippen LogP) is 8.56. The molecule has 0 heterocycles.